The van der Waals surface area contributed by atoms with Gasteiger partial charge in [0.1, 0.15) is 17.6 Å². The van der Waals surface area contributed by atoms with Crippen molar-refractivity contribution in [3.05, 3.63) is 120 Å². The molecule has 0 fully saturated rings. The van der Waals surface area contributed by atoms with Crippen LogP contribution in [0.4, 0.5) is 0 Å². The van der Waals surface area contributed by atoms with Gasteiger partial charge in [0.2, 0.25) is 5.91 Å². The molecule has 1 heterocycles. The average molecular weight is 426 g/mol. The predicted molar refractivity (Wildman–Crippen MR) is 126 cm³/mol. The number of hydrogen-bond acceptors (Lipinski definition) is 3. The maximum absolute atomic E-state index is 13.4. The molecule has 0 aliphatic carbocycles. The van der Waals surface area contributed by atoms with Gasteiger partial charge in [-0.05, 0) is 17.2 Å². The molecule has 32 heavy (non-hydrogen) atoms. The molecular weight excluding hydrogens is 398 g/mol. The Hall–Kier alpha value is -3.86. The summed E-state index contributed by atoms with van der Waals surface area (Å²) >= 11 is 0. The lowest BCUT2D eigenvalue weighted by Gasteiger charge is -2.23. The summed E-state index contributed by atoms with van der Waals surface area (Å²) in [6.07, 6.45) is 3.94. The number of para-hydroxylation sites is 1. The van der Waals surface area contributed by atoms with E-state index in [1.807, 2.05) is 78.5 Å². The van der Waals surface area contributed by atoms with Gasteiger partial charge in [0, 0.05) is 37.3 Å². The van der Waals surface area contributed by atoms with Crippen LogP contribution in [0.5, 0.6) is 5.75 Å². The third-order valence-electron chi connectivity index (χ3n) is 5.67. The Morgan fingerprint density at radius 1 is 0.938 bits per heavy atom. The largest absolute Gasteiger partial charge is 0.496 e. The summed E-state index contributed by atoms with van der Waals surface area (Å²) in [5.41, 5.74) is 3.09. The van der Waals surface area contributed by atoms with Crippen molar-refractivity contribution in [2.75, 3.05) is 7.11 Å². The third kappa shape index (κ3) is 4.72. The first kappa shape index (κ1) is 21.4. The maximum Gasteiger partial charge on any atom is 0.221 e. The summed E-state index contributed by atoms with van der Waals surface area (Å²) in [6, 6.07) is 27.6. The van der Waals surface area contributed by atoms with Gasteiger partial charge in [0.25, 0.3) is 0 Å². The van der Waals surface area contributed by atoms with Crippen molar-refractivity contribution in [2.45, 2.75) is 18.4 Å². The Morgan fingerprint density at radius 2 is 1.53 bits per heavy atom. The number of methoxy groups -OCH3 is 1. The Kier molecular flexibility index (Phi) is 6.66. The van der Waals surface area contributed by atoms with Crippen LogP contribution in [-0.4, -0.2) is 22.6 Å². The first-order chi connectivity index (χ1) is 15.7. The lowest BCUT2D eigenvalue weighted by Crippen LogP contribution is -2.32. The van der Waals surface area contributed by atoms with Crippen LogP contribution < -0.4 is 10.1 Å². The summed E-state index contributed by atoms with van der Waals surface area (Å²) in [5, 5.41) is 3.22. The second-order valence-corrected chi connectivity index (χ2v) is 7.72. The van der Waals surface area contributed by atoms with E-state index in [2.05, 4.69) is 34.6 Å². The molecule has 1 N–H and O–H groups in total. The Morgan fingerprint density at radius 3 is 2.09 bits per heavy atom. The number of benzene rings is 3. The monoisotopic (exact) mass is 425 g/mol. The van der Waals surface area contributed by atoms with Gasteiger partial charge in [-0.15, -0.1) is 0 Å². The van der Waals surface area contributed by atoms with Crippen molar-refractivity contribution >= 4 is 5.91 Å². The summed E-state index contributed by atoms with van der Waals surface area (Å²) < 4.78 is 7.50. The molecule has 1 amide bonds. The van der Waals surface area contributed by atoms with E-state index in [4.69, 9.17) is 4.74 Å². The lowest BCUT2D eigenvalue weighted by molar-refractivity contribution is -0.121. The summed E-state index contributed by atoms with van der Waals surface area (Å²) in [7, 11) is 3.56. The highest BCUT2D eigenvalue weighted by atomic mass is 16.5. The van der Waals surface area contributed by atoms with E-state index < -0.39 is 6.04 Å². The number of hydrogen-bond donors (Lipinski definition) is 1. The second-order valence-electron chi connectivity index (χ2n) is 7.72. The van der Waals surface area contributed by atoms with Crippen LogP contribution in [0.1, 0.15) is 40.9 Å². The zero-order valence-corrected chi connectivity index (χ0v) is 18.3. The molecule has 5 nitrogen and oxygen atoms in total. The van der Waals surface area contributed by atoms with Crippen molar-refractivity contribution in [1.29, 1.82) is 0 Å². The van der Waals surface area contributed by atoms with E-state index in [0.717, 1.165) is 22.5 Å². The Balaban J connectivity index is 1.65. The SMILES string of the molecule is COc1ccccc1C(NC(=O)CC(c1ccccc1)c1ccccc1)c1nccn1C. The van der Waals surface area contributed by atoms with Crippen LogP contribution >= 0.6 is 0 Å². The minimum Gasteiger partial charge on any atom is -0.496 e. The molecule has 3 aromatic carbocycles. The van der Waals surface area contributed by atoms with Crippen molar-refractivity contribution < 1.29 is 9.53 Å². The van der Waals surface area contributed by atoms with Gasteiger partial charge in [-0.3, -0.25) is 4.79 Å². The van der Waals surface area contributed by atoms with Gasteiger partial charge in [-0.1, -0.05) is 78.9 Å². The molecule has 0 bridgehead atoms. The van der Waals surface area contributed by atoms with E-state index in [1.165, 1.54) is 0 Å². The lowest BCUT2D eigenvalue weighted by atomic mass is 9.88. The Bertz CT molecular complexity index is 1120. The van der Waals surface area contributed by atoms with Crippen LogP contribution in [0.2, 0.25) is 0 Å². The molecule has 0 radical (unpaired) electrons. The van der Waals surface area contributed by atoms with E-state index in [9.17, 15) is 4.79 Å². The smallest absolute Gasteiger partial charge is 0.221 e. The van der Waals surface area contributed by atoms with Crippen LogP contribution in [-0.2, 0) is 11.8 Å². The number of carbonyl (C=O) groups excluding carboxylic acids is 1. The number of aromatic nitrogens is 2. The average Bonchev–Trinajstić information content (AvgIpc) is 3.27. The Labute approximate surface area is 188 Å². The van der Waals surface area contributed by atoms with Crippen molar-refractivity contribution in [3.8, 4) is 5.75 Å². The number of aryl methyl sites for hydroxylation is 1. The van der Waals surface area contributed by atoms with E-state index >= 15 is 0 Å². The third-order valence-corrected chi connectivity index (χ3v) is 5.67. The number of amides is 1. The van der Waals surface area contributed by atoms with E-state index in [-0.39, 0.29) is 11.8 Å². The number of carbonyl (C=O) groups is 1. The molecule has 162 valence electrons. The number of nitrogens with one attached hydrogen (secondary N) is 1. The minimum atomic E-state index is -0.425. The van der Waals surface area contributed by atoms with Gasteiger partial charge < -0.3 is 14.6 Å². The van der Waals surface area contributed by atoms with E-state index in [0.29, 0.717) is 12.2 Å². The molecule has 5 heteroatoms. The number of nitrogens with zero attached hydrogens (tertiary/aromatic N) is 2. The first-order valence-corrected chi connectivity index (χ1v) is 10.7. The molecule has 0 aliphatic heterocycles. The molecule has 0 saturated carbocycles. The highest BCUT2D eigenvalue weighted by Gasteiger charge is 2.26. The summed E-state index contributed by atoms with van der Waals surface area (Å²) in [6.45, 7) is 0. The van der Waals surface area contributed by atoms with Crippen molar-refractivity contribution in [1.82, 2.24) is 14.9 Å². The standard InChI is InChI=1S/C27H27N3O2/c1-30-18-17-28-27(30)26(22-15-9-10-16-24(22)32-2)29-25(31)19-23(20-11-5-3-6-12-20)21-13-7-4-8-14-21/h3-18,23,26H,19H2,1-2H3,(H,29,31). The highest BCUT2D eigenvalue weighted by molar-refractivity contribution is 5.78. The highest BCUT2D eigenvalue weighted by Crippen LogP contribution is 2.31. The molecule has 0 aliphatic rings. The molecule has 4 aromatic rings. The topological polar surface area (TPSA) is 56.1 Å². The second kappa shape index (κ2) is 9.96. The number of ether oxygens (including phenoxy) is 1. The number of rotatable bonds is 8. The fourth-order valence-corrected chi connectivity index (χ4v) is 4.05. The molecule has 1 unspecified atom stereocenters. The minimum absolute atomic E-state index is 0.0444. The first-order valence-electron chi connectivity index (χ1n) is 10.7. The fraction of sp³-hybridized carbons (Fsp3) is 0.185. The molecule has 4 rings (SSSR count). The van der Waals surface area contributed by atoms with Crippen LogP contribution in [0.3, 0.4) is 0 Å². The summed E-state index contributed by atoms with van der Waals surface area (Å²) in [5.74, 6) is 1.36. The fourth-order valence-electron chi connectivity index (χ4n) is 4.05. The van der Waals surface area contributed by atoms with Gasteiger partial charge in [-0.2, -0.15) is 0 Å². The van der Waals surface area contributed by atoms with Crippen LogP contribution in [0, 0.1) is 0 Å². The molecule has 0 saturated heterocycles. The zero-order chi connectivity index (χ0) is 22.3. The van der Waals surface area contributed by atoms with Crippen LogP contribution in [0.25, 0.3) is 0 Å². The quantitative estimate of drug-likeness (QED) is 0.439. The number of imidazole rings is 1. The predicted octanol–water partition coefficient (Wildman–Crippen LogP) is 4.86. The maximum atomic E-state index is 13.4. The molecule has 0 spiro atoms. The molecular formula is C27H27N3O2. The van der Waals surface area contributed by atoms with Gasteiger partial charge >= 0.3 is 0 Å². The van der Waals surface area contributed by atoms with Gasteiger partial charge in [-0.25, -0.2) is 4.98 Å². The van der Waals surface area contributed by atoms with Gasteiger partial charge in [0.05, 0.1) is 7.11 Å². The van der Waals surface area contributed by atoms with E-state index in [1.54, 1.807) is 13.3 Å². The van der Waals surface area contributed by atoms with Crippen molar-refractivity contribution in [2.24, 2.45) is 7.05 Å². The molecule has 1 aromatic heterocycles. The molecule has 1 atom stereocenters. The van der Waals surface area contributed by atoms with Gasteiger partial charge in [0.15, 0.2) is 0 Å². The van der Waals surface area contributed by atoms with Crippen molar-refractivity contribution in [3.63, 3.8) is 0 Å². The normalized spacial score (nSPS) is 11.8. The zero-order valence-electron chi connectivity index (χ0n) is 18.3. The summed E-state index contributed by atoms with van der Waals surface area (Å²) in [4.78, 5) is 17.9. The van der Waals surface area contributed by atoms with Crippen LogP contribution in [0.15, 0.2) is 97.3 Å².